The van der Waals surface area contributed by atoms with Gasteiger partial charge >= 0.3 is 0 Å². The lowest BCUT2D eigenvalue weighted by molar-refractivity contribution is 0.308. The van der Waals surface area contributed by atoms with Crippen LogP contribution < -0.4 is 5.73 Å². The van der Waals surface area contributed by atoms with Crippen molar-refractivity contribution in [1.29, 1.82) is 0 Å². The Morgan fingerprint density at radius 2 is 2.38 bits per heavy atom. The summed E-state index contributed by atoms with van der Waals surface area (Å²) in [5.41, 5.74) is 8.01. The lowest BCUT2D eigenvalue weighted by Crippen LogP contribution is -2.44. The van der Waals surface area contributed by atoms with E-state index in [4.69, 9.17) is 5.73 Å². The Kier molecular flexibility index (Phi) is 3.45. The van der Waals surface area contributed by atoms with Crippen LogP contribution in [0, 0.1) is 5.92 Å². The van der Waals surface area contributed by atoms with E-state index >= 15 is 0 Å². The summed E-state index contributed by atoms with van der Waals surface area (Å²) in [6.07, 6.45) is 3.98. The molecular formula is C10H18N2S. The lowest BCUT2D eigenvalue weighted by atomic mass is 9.83. The van der Waals surface area contributed by atoms with Gasteiger partial charge in [-0.05, 0) is 12.8 Å². The highest BCUT2D eigenvalue weighted by Gasteiger charge is 2.25. The molecule has 2 atom stereocenters. The van der Waals surface area contributed by atoms with Crippen molar-refractivity contribution in [2.75, 3.05) is 0 Å². The Labute approximate surface area is 84.2 Å². The Hall–Kier alpha value is -0.410. The summed E-state index contributed by atoms with van der Waals surface area (Å²) in [6, 6.07) is 0. The second-order valence-electron chi connectivity index (χ2n) is 3.96. The zero-order chi connectivity index (χ0) is 9.90. The Morgan fingerprint density at radius 3 is 2.85 bits per heavy atom. The maximum Gasteiger partial charge on any atom is 0.0794 e. The second-order valence-corrected chi connectivity index (χ2v) is 4.93. The molecule has 0 spiro atoms. The first-order chi connectivity index (χ1) is 6.06. The smallest absolute Gasteiger partial charge is 0.0794 e. The highest BCUT2D eigenvalue weighted by atomic mass is 32.1. The summed E-state index contributed by atoms with van der Waals surface area (Å²) in [4.78, 5) is 5.34. The summed E-state index contributed by atoms with van der Waals surface area (Å²) in [5.74, 6) is 0.551. The molecule has 0 saturated heterocycles. The number of nitrogens with zero attached hydrogens (tertiary/aromatic N) is 1. The first kappa shape index (κ1) is 10.7. The van der Waals surface area contributed by atoms with E-state index < -0.39 is 0 Å². The topological polar surface area (TPSA) is 38.9 Å². The molecule has 1 aromatic rings. The number of hydrogen-bond donors (Lipinski definition) is 1. The minimum Gasteiger partial charge on any atom is -0.325 e. The van der Waals surface area contributed by atoms with E-state index in [0.29, 0.717) is 5.92 Å². The van der Waals surface area contributed by atoms with Gasteiger partial charge in [0.15, 0.2) is 0 Å². The second kappa shape index (κ2) is 4.20. The fourth-order valence-corrected chi connectivity index (χ4v) is 2.12. The molecule has 0 saturated carbocycles. The normalized spacial score (nSPS) is 18.2. The highest BCUT2D eigenvalue weighted by molar-refractivity contribution is 7.09. The van der Waals surface area contributed by atoms with Crippen molar-refractivity contribution in [1.82, 2.24) is 4.98 Å². The van der Waals surface area contributed by atoms with Crippen LogP contribution in [0.1, 0.15) is 32.1 Å². The maximum atomic E-state index is 6.24. The van der Waals surface area contributed by atoms with Crippen molar-refractivity contribution in [3.05, 3.63) is 16.6 Å². The predicted molar refractivity (Wildman–Crippen MR) is 57.9 cm³/mol. The molecule has 2 nitrogen and oxygen atoms in total. The molecule has 2 unspecified atom stereocenters. The SMILES string of the molecule is CCC(C)C(C)(N)Cc1cncs1. The molecule has 1 aromatic heterocycles. The minimum absolute atomic E-state index is 0.0959. The first-order valence-electron chi connectivity index (χ1n) is 4.72. The van der Waals surface area contributed by atoms with Crippen molar-refractivity contribution in [3.63, 3.8) is 0 Å². The highest BCUT2D eigenvalue weighted by Crippen LogP contribution is 2.23. The molecule has 3 heteroatoms. The van der Waals surface area contributed by atoms with Gasteiger partial charge in [0, 0.05) is 23.0 Å². The fourth-order valence-electron chi connectivity index (χ4n) is 1.35. The number of thiazole rings is 1. The summed E-state index contributed by atoms with van der Waals surface area (Å²) in [5, 5.41) is 0. The molecule has 13 heavy (non-hydrogen) atoms. The van der Waals surface area contributed by atoms with Crippen LogP contribution in [0.3, 0.4) is 0 Å². The number of hydrogen-bond acceptors (Lipinski definition) is 3. The van der Waals surface area contributed by atoms with Crippen molar-refractivity contribution < 1.29 is 0 Å². The summed E-state index contributed by atoms with van der Waals surface area (Å²) < 4.78 is 0. The first-order valence-corrected chi connectivity index (χ1v) is 5.60. The van der Waals surface area contributed by atoms with Gasteiger partial charge in [-0.25, -0.2) is 0 Å². The van der Waals surface area contributed by atoms with Gasteiger partial charge in [0.2, 0.25) is 0 Å². The van der Waals surface area contributed by atoms with Crippen LogP contribution in [-0.2, 0) is 6.42 Å². The molecule has 0 radical (unpaired) electrons. The van der Waals surface area contributed by atoms with Gasteiger partial charge in [-0.3, -0.25) is 4.98 Å². The fraction of sp³-hybridized carbons (Fsp3) is 0.700. The largest absolute Gasteiger partial charge is 0.325 e. The average molecular weight is 198 g/mol. The van der Waals surface area contributed by atoms with E-state index in [9.17, 15) is 0 Å². The van der Waals surface area contributed by atoms with Gasteiger partial charge in [-0.1, -0.05) is 20.3 Å². The molecule has 1 rings (SSSR count). The molecule has 0 fully saturated rings. The van der Waals surface area contributed by atoms with Crippen LogP contribution in [0.2, 0.25) is 0 Å². The van der Waals surface area contributed by atoms with Crippen LogP contribution in [0.25, 0.3) is 0 Å². The molecule has 0 bridgehead atoms. The van der Waals surface area contributed by atoms with Gasteiger partial charge < -0.3 is 5.73 Å². The molecule has 0 aromatic carbocycles. The molecule has 0 aliphatic carbocycles. The van der Waals surface area contributed by atoms with E-state index in [1.165, 1.54) is 4.88 Å². The van der Waals surface area contributed by atoms with Crippen molar-refractivity contribution in [2.24, 2.45) is 11.7 Å². The van der Waals surface area contributed by atoms with E-state index in [2.05, 4.69) is 25.8 Å². The van der Waals surface area contributed by atoms with E-state index in [0.717, 1.165) is 12.8 Å². The van der Waals surface area contributed by atoms with Crippen molar-refractivity contribution in [2.45, 2.75) is 39.2 Å². The number of aromatic nitrogens is 1. The van der Waals surface area contributed by atoms with Gasteiger partial charge in [0.1, 0.15) is 0 Å². The van der Waals surface area contributed by atoms with E-state index in [-0.39, 0.29) is 5.54 Å². The van der Waals surface area contributed by atoms with Crippen LogP contribution in [0.15, 0.2) is 11.7 Å². The van der Waals surface area contributed by atoms with Gasteiger partial charge in [0.05, 0.1) is 5.51 Å². The third kappa shape index (κ3) is 2.78. The minimum atomic E-state index is -0.0959. The Morgan fingerprint density at radius 1 is 1.69 bits per heavy atom. The van der Waals surface area contributed by atoms with E-state index in [1.54, 1.807) is 11.3 Å². The van der Waals surface area contributed by atoms with Crippen molar-refractivity contribution >= 4 is 11.3 Å². The zero-order valence-corrected chi connectivity index (χ0v) is 9.40. The quantitative estimate of drug-likeness (QED) is 0.807. The molecule has 0 amide bonds. The van der Waals surface area contributed by atoms with Crippen LogP contribution in [0.5, 0.6) is 0 Å². The molecule has 1 heterocycles. The monoisotopic (exact) mass is 198 g/mol. The van der Waals surface area contributed by atoms with Gasteiger partial charge in [-0.15, -0.1) is 11.3 Å². The molecule has 0 aliphatic rings. The standard InChI is InChI=1S/C10H18N2S/c1-4-8(2)10(3,11)5-9-6-12-7-13-9/h6-8H,4-5,11H2,1-3H3. The summed E-state index contributed by atoms with van der Waals surface area (Å²) >= 11 is 1.69. The zero-order valence-electron chi connectivity index (χ0n) is 8.58. The Balaban J connectivity index is 2.61. The van der Waals surface area contributed by atoms with Crippen molar-refractivity contribution in [3.8, 4) is 0 Å². The van der Waals surface area contributed by atoms with E-state index in [1.807, 2.05) is 11.7 Å². The maximum absolute atomic E-state index is 6.24. The third-order valence-corrected chi connectivity index (χ3v) is 3.56. The molecular weight excluding hydrogens is 180 g/mol. The summed E-state index contributed by atoms with van der Waals surface area (Å²) in [7, 11) is 0. The molecule has 0 aliphatic heterocycles. The average Bonchev–Trinajstić information content (AvgIpc) is 2.54. The molecule has 74 valence electrons. The molecule has 2 N–H and O–H groups in total. The van der Waals surface area contributed by atoms with Crippen LogP contribution in [-0.4, -0.2) is 10.5 Å². The number of rotatable bonds is 4. The Bertz CT molecular complexity index is 241. The summed E-state index contributed by atoms with van der Waals surface area (Å²) in [6.45, 7) is 6.52. The number of nitrogens with two attached hydrogens (primary N) is 1. The lowest BCUT2D eigenvalue weighted by Gasteiger charge is -2.30. The van der Waals surface area contributed by atoms with Gasteiger partial charge in [-0.2, -0.15) is 0 Å². The predicted octanol–water partition coefficient (Wildman–Crippen LogP) is 2.45. The van der Waals surface area contributed by atoms with Gasteiger partial charge in [0.25, 0.3) is 0 Å². The van der Waals surface area contributed by atoms with Crippen LogP contribution in [0.4, 0.5) is 0 Å². The van der Waals surface area contributed by atoms with Crippen LogP contribution >= 0.6 is 11.3 Å². The third-order valence-electron chi connectivity index (χ3n) is 2.78.